The van der Waals surface area contributed by atoms with E-state index < -0.39 is 0 Å². The predicted octanol–water partition coefficient (Wildman–Crippen LogP) is 2.23. The van der Waals surface area contributed by atoms with Crippen LogP contribution in [0.15, 0.2) is 42.7 Å². The van der Waals surface area contributed by atoms with Gasteiger partial charge in [-0.15, -0.1) is 0 Å². The monoisotopic (exact) mass is 308 g/mol. The molecule has 3 aromatic rings. The van der Waals surface area contributed by atoms with Crippen LogP contribution in [-0.4, -0.2) is 46.4 Å². The van der Waals surface area contributed by atoms with E-state index in [-0.39, 0.29) is 5.75 Å². The number of hydrogen-bond donors (Lipinski definition) is 1. The van der Waals surface area contributed by atoms with Gasteiger partial charge < -0.3 is 14.7 Å². The van der Waals surface area contributed by atoms with E-state index in [0.29, 0.717) is 19.0 Å². The lowest BCUT2D eigenvalue weighted by Gasteiger charge is -2.28. The van der Waals surface area contributed by atoms with Gasteiger partial charge in [-0.2, -0.15) is 0 Å². The molecule has 23 heavy (non-hydrogen) atoms. The van der Waals surface area contributed by atoms with Gasteiger partial charge in [0, 0.05) is 31.0 Å². The Hall–Kier alpha value is -2.73. The molecule has 6 nitrogen and oxygen atoms in total. The Morgan fingerprint density at radius 3 is 2.78 bits per heavy atom. The molecular formula is C17H16N4O2. The average molecular weight is 308 g/mol. The first-order valence-corrected chi connectivity index (χ1v) is 7.55. The molecule has 3 heterocycles. The standard InChI is InChI=1S/C17H16N4O2/c22-13-3-1-2-12(10-13)16-19-15-4-5-18-11-14(15)17(20-16)21-6-8-23-9-7-21/h1-5,10-11,22H,6-9H2. The van der Waals surface area contributed by atoms with Crippen LogP contribution in [0.4, 0.5) is 5.82 Å². The maximum absolute atomic E-state index is 9.71. The summed E-state index contributed by atoms with van der Waals surface area (Å²) in [4.78, 5) is 15.8. The van der Waals surface area contributed by atoms with Gasteiger partial charge in [-0.3, -0.25) is 4.98 Å². The van der Waals surface area contributed by atoms with E-state index in [2.05, 4.69) is 14.9 Å². The Morgan fingerprint density at radius 1 is 1.09 bits per heavy atom. The molecule has 1 N–H and O–H groups in total. The predicted molar refractivity (Wildman–Crippen MR) is 87.5 cm³/mol. The van der Waals surface area contributed by atoms with Crippen molar-refractivity contribution < 1.29 is 9.84 Å². The molecule has 4 rings (SSSR count). The minimum absolute atomic E-state index is 0.203. The zero-order valence-electron chi connectivity index (χ0n) is 12.5. The van der Waals surface area contributed by atoms with Crippen LogP contribution < -0.4 is 4.90 Å². The van der Waals surface area contributed by atoms with Crippen molar-refractivity contribution in [3.63, 3.8) is 0 Å². The Balaban J connectivity index is 1.89. The molecule has 1 aromatic carbocycles. The molecule has 0 atom stereocenters. The number of aromatic hydroxyl groups is 1. The summed E-state index contributed by atoms with van der Waals surface area (Å²) in [7, 11) is 0. The van der Waals surface area contributed by atoms with E-state index in [4.69, 9.17) is 9.72 Å². The number of rotatable bonds is 2. The number of nitrogens with zero attached hydrogens (tertiary/aromatic N) is 4. The number of phenolic OH excluding ortho intramolecular Hbond substituents is 1. The van der Waals surface area contributed by atoms with Crippen molar-refractivity contribution in [1.82, 2.24) is 15.0 Å². The van der Waals surface area contributed by atoms with Crippen molar-refractivity contribution in [2.24, 2.45) is 0 Å². The molecule has 0 radical (unpaired) electrons. The number of fused-ring (bicyclic) bond motifs is 1. The number of phenols is 1. The van der Waals surface area contributed by atoms with Gasteiger partial charge in [0.1, 0.15) is 11.6 Å². The molecule has 6 heteroatoms. The fourth-order valence-electron chi connectivity index (χ4n) is 2.75. The summed E-state index contributed by atoms with van der Waals surface area (Å²) in [6, 6.07) is 8.88. The maximum Gasteiger partial charge on any atom is 0.162 e. The van der Waals surface area contributed by atoms with Gasteiger partial charge in [0.25, 0.3) is 0 Å². The van der Waals surface area contributed by atoms with Crippen molar-refractivity contribution in [2.45, 2.75) is 0 Å². The summed E-state index contributed by atoms with van der Waals surface area (Å²) < 4.78 is 5.43. The molecule has 0 spiro atoms. The minimum atomic E-state index is 0.203. The van der Waals surface area contributed by atoms with Gasteiger partial charge in [-0.1, -0.05) is 12.1 Å². The third-order valence-electron chi connectivity index (χ3n) is 3.89. The van der Waals surface area contributed by atoms with Crippen LogP contribution >= 0.6 is 0 Å². The second kappa shape index (κ2) is 5.81. The molecule has 1 saturated heterocycles. The third kappa shape index (κ3) is 2.68. The van der Waals surface area contributed by atoms with Crippen LogP contribution in [0.2, 0.25) is 0 Å². The quantitative estimate of drug-likeness (QED) is 0.783. The van der Waals surface area contributed by atoms with Crippen molar-refractivity contribution in [3.8, 4) is 17.1 Å². The number of anilines is 1. The molecule has 0 unspecified atom stereocenters. The SMILES string of the molecule is Oc1cccc(-c2nc(N3CCOCC3)c3cnccc3n2)c1. The van der Waals surface area contributed by atoms with Crippen LogP contribution in [0.1, 0.15) is 0 Å². The Bertz CT molecular complexity index is 847. The fourth-order valence-corrected chi connectivity index (χ4v) is 2.75. The van der Waals surface area contributed by atoms with Gasteiger partial charge in [0.05, 0.1) is 24.1 Å². The third-order valence-corrected chi connectivity index (χ3v) is 3.89. The van der Waals surface area contributed by atoms with Crippen LogP contribution in [0.5, 0.6) is 5.75 Å². The lowest BCUT2D eigenvalue weighted by molar-refractivity contribution is 0.122. The molecule has 1 fully saturated rings. The highest BCUT2D eigenvalue weighted by Gasteiger charge is 2.18. The summed E-state index contributed by atoms with van der Waals surface area (Å²) in [5.41, 5.74) is 1.63. The largest absolute Gasteiger partial charge is 0.508 e. The molecule has 0 saturated carbocycles. The van der Waals surface area contributed by atoms with E-state index in [0.717, 1.165) is 35.4 Å². The van der Waals surface area contributed by atoms with Gasteiger partial charge in [0.2, 0.25) is 0 Å². The summed E-state index contributed by atoms with van der Waals surface area (Å²) >= 11 is 0. The fraction of sp³-hybridized carbons (Fsp3) is 0.235. The number of hydrogen-bond acceptors (Lipinski definition) is 6. The molecule has 1 aliphatic heterocycles. The minimum Gasteiger partial charge on any atom is -0.508 e. The summed E-state index contributed by atoms with van der Waals surface area (Å²) in [6.07, 6.45) is 3.52. The first-order chi connectivity index (χ1) is 11.3. The van der Waals surface area contributed by atoms with Gasteiger partial charge >= 0.3 is 0 Å². The van der Waals surface area contributed by atoms with Crippen molar-refractivity contribution in [2.75, 3.05) is 31.2 Å². The zero-order valence-corrected chi connectivity index (χ0v) is 12.5. The normalized spacial score (nSPS) is 15.0. The number of morpholine rings is 1. The molecule has 2 aromatic heterocycles. The van der Waals surface area contributed by atoms with Crippen molar-refractivity contribution in [1.29, 1.82) is 0 Å². The summed E-state index contributed by atoms with van der Waals surface area (Å²) in [5.74, 6) is 1.67. The van der Waals surface area contributed by atoms with Crippen LogP contribution in [-0.2, 0) is 4.74 Å². The molecule has 0 amide bonds. The second-order valence-electron chi connectivity index (χ2n) is 5.41. The molecule has 116 valence electrons. The lowest BCUT2D eigenvalue weighted by Crippen LogP contribution is -2.37. The highest BCUT2D eigenvalue weighted by Crippen LogP contribution is 2.28. The topological polar surface area (TPSA) is 71.4 Å². The molecular weight excluding hydrogens is 292 g/mol. The van der Waals surface area contributed by atoms with E-state index in [1.54, 1.807) is 30.6 Å². The highest BCUT2D eigenvalue weighted by atomic mass is 16.5. The van der Waals surface area contributed by atoms with Gasteiger partial charge in [-0.05, 0) is 18.2 Å². The smallest absolute Gasteiger partial charge is 0.162 e. The first-order valence-electron chi connectivity index (χ1n) is 7.55. The van der Waals surface area contributed by atoms with Crippen LogP contribution in [0.3, 0.4) is 0 Å². The van der Waals surface area contributed by atoms with E-state index in [1.807, 2.05) is 12.1 Å². The Morgan fingerprint density at radius 2 is 1.96 bits per heavy atom. The van der Waals surface area contributed by atoms with E-state index in [9.17, 15) is 5.11 Å². The highest BCUT2D eigenvalue weighted by molar-refractivity contribution is 5.90. The van der Waals surface area contributed by atoms with Crippen LogP contribution in [0, 0.1) is 0 Å². The average Bonchev–Trinajstić information content (AvgIpc) is 2.61. The number of benzene rings is 1. The molecule has 0 bridgehead atoms. The Kier molecular flexibility index (Phi) is 3.51. The zero-order chi connectivity index (χ0) is 15.6. The van der Waals surface area contributed by atoms with Crippen LogP contribution in [0.25, 0.3) is 22.3 Å². The first kappa shape index (κ1) is 13.9. The summed E-state index contributed by atoms with van der Waals surface area (Å²) in [5, 5.41) is 10.6. The molecule has 1 aliphatic rings. The van der Waals surface area contributed by atoms with Gasteiger partial charge in [-0.25, -0.2) is 9.97 Å². The number of pyridine rings is 1. The lowest BCUT2D eigenvalue weighted by atomic mass is 10.2. The van der Waals surface area contributed by atoms with Gasteiger partial charge in [0.15, 0.2) is 5.82 Å². The number of ether oxygens (including phenoxy) is 1. The maximum atomic E-state index is 9.71. The van der Waals surface area contributed by atoms with E-state index in [1.165, 1.54) is 0 Å². The molecule has 0 aliphatic carbocycles. The van der Waals surface area contributed by atoms with E-state index >= 15 is 0 Å². The van der Waals surface area contributed by atoms with Crippen molar-refractivity contribution >= 4 is 16.7 Å². The van der Waals surface area contributed by atoms with Crippen molar-refractivity contribution in [3.05, 3.63) is 42.7 Å². The second-order valence-corrected chi connectivity index (χ2v) is 5.41. The number of aromatic nitrogens is 3. The Labute approximate surface area is 133 Å². The summed E-state index contributed by atoms with van der Waals surface area (Å²) in [6.45, 7) is 2.96.